The number of amides is 1. The summed E-state index contributed by atoms with van der Waals surface area (Å²) >= 11 is 11.3. The second-order valence-corrected chi connectivity index (χ2v) is 4.39. The van der Waals surface area contributed by atoms with Crippen molar-refractivity contribution in [2.24, 2.45) is 0 Å². The van der Waals surface area contributed by atoms with E-state index in [1.807, 2.05) is 0 Å². The molecule has 0 unspecified atom stereocenters. The van der Waals surface area contributed by atoms with Crippen molar-refractivity contribution in [3.63, 3.8) is 0 Å². The van der Waals surface area contributed by atoms with Gasteiger partial charge >= 0.3 is 0 Å². The highest BCUT2D eigenvalue weighted by Crippen LogP contribution is 2.23. The number of rotatable bonds is 4. The molecular weight excluding hydrogens is 303 g/mol. The van der Waals surface area contributed by atoms with Gasteiger partial charge in [-0.1, -0.05) is 12.1 Å². The number of hydrogen-bond donors (Lipinski definition) is 1. The number of benzene rings is 1. The maximum absolute atomic E-state index is 11.9. The first-order valence-corrected chi connectivity index (χ1v) is 6.33. The predicted molar refractivity (Wildman–Crippen MR) is 75.2 cm³/mol. The second-order valence-electron chi connectivity index (χ2n) is 3.71. The Balaban J connectivity index is 2.09. The van der Waals surface area contributed by atoms with Crippen LogP contribution in [0, 0.1) is 0 Å². The van der Waals surface area contributed by atoms with E-state index in [1.54, 1.807) is 24.3 Å². The SMILES string of the molecule is COc1ccccc1NC(=O)Cc1nc(Cl)nc(Cl)n1. The van der Waals surface area contributed by atoms with Gasteiger partial charge in [0.25, 0.3) is 0 Å². The molecule has 0 aliphatic carbocycles. The molecule has 0 fully saturated rings. The number of ether oxygens (including phenoxy) is 1. The Morgan fingerprint density at radius 2 is 1.85 bits per heavy atom. The Hall–Kier alpha value is -1.92. The van der Waals surface area contributed by atoms with E-state index in [-0.39, 0.29) is 28.7 Å². The fourth-order valence-electron chi connectivity index (χ4n) is 1.53. The molecule has 20 heavy (non-hydrogen) atoms. The zero-order valence-corrected chi connectivity index (χ0v) is 11.9. The standard InChI is InChI=1S/C12H10Cl2N4O2/c1-20-8-5-3-2-4-7(8)15-10(19)6-9-16-11(13)18-12(14)17-9/h2-5H,6H2,1H3,(H,15,19). The van der Waals surface area contributed by atoms with Crippen LogP contribution < -0.4 is 10.1 Å². The van der Waals surface area contributed by atoms with Crippen molar-refractivity contribution in [1.29, 1.82) is 0 Å². The minimum absolute atomic E-state index is 0.0508. The number of carbonyl (C=O) groups is 1. The van der Waals surface area contributed by atoms with Crippen LogP contribution in [0.15, 0.2) is 24.3 Å². The lowest BCUT2D eigenvalue weighted by atomic mass is 10.2. The van der Waals surface area contributed by atoms with E-state index in [9.17, 15) is 4.79 Å². The van der Waals surface area contributed by atoms with Crippen molar-refractivity contribution >= 4 is 34.8 Å². The Labute approximate surface area is 125 Å². The van der Waals surface area contributed by atoms with Crippen molar-refractivity contribution < 1.29 is 9.53 Å². The van der Waals surface area contributed by atoms with Gasteiger partial charge in [-0.3, -0.25) is 4.79 Å². The van der Waals surface area contributed by atoms with Crippen LogP contribution in [-0.2, 0) is 11.2 Å². The lowest BCUT2D eigenvalue weighted by Gasteiger charge is -2.09. The fourth-order valence-corrected chi connectivity index (χ4v) is 1.93. The first-order chi connectivity index (χ1) is 9.58. The topological polar surface area (TPSA) is 77.0 Å². The summed E-state index contributed by atoms with van der Waals surface area (Å²) in [6.07, 6.45) is -0.0694. The number of hydrogen-bond acceptors (Lipinski definition) is 5. The zero-order chi connectivity index (χ0) is 14.5. The second kappa shape index (κ2) is 6.49. The number of para-hydroxylation sites is 2. The van der Waals surface area contributed by atoms with Crippen LogP contribution in [-0.4, -0.2) is 28.0 Å². The summed E-state index contributed by atoms with van der Waals surface area (Å²) in [5.74, 6) is 0.447. The molecule has 2 rings (SSSR count). The first-order valence-electron chi connectivity index (χ1n) is 5.57. The Morgan fingerprint density at radius 3 is 2.50 bits per heavy atom. The van der Waals surface area contributed by atoms with Crippen LogP contribution in [0.25, 0.3) is 0 Å². The van der Waals surface area contributed by atoms with Crippen molar-refractivity contribution in [1.82, 2.24) is 15.0 Å². The van der Waals surface area contributed by atoms with E-state index in [1.165, 1.54) is 7.11 Å². The van der Waals surface area contributed by atoms with Gasteiger partial charge in [-0.15, -0.1) is 0 Å². The number of carbonyl (C=O) groups excluding carboxylic acids is 1. The minimum Gasteiger partial charge on any atom is -0.495 e. The van der Waals surface area contributed by atoms with Crippen LogP contribution in [0.4, 0.5) is 5.69 Å². The smallest absolute Gasteiger partial charge is 0.232 e. The van der Waals surface area contributed by atoms with Gasteiger partial charge in [0.05, 0.1) is 19.2 Å². The summed E-state index contributed by atoms with van der Waals surface area (Å²) in [7, 11) is 1.52. The maximum Gasteiger partial charge on any atom is 0.232 e. The van der Waals surface area contributed by atoms with Gasteiger partial charge in [-0.25, -0.2) is 9.97 Å². The van der Waals surface area contributed by atoms with Crippen molar-refractivity contribution in [3.05, 3.63) is 40.7 Å². The molecule has 0 atom stereocenters. The quantitative estimate of drug-likeness (QED) is 0.937. The van der Waals surface area contributed by atoms with Gasteiger partial charge in [-0.2, -0.15) is 4.98 Å². The van der Waals surface area contributed by atoms with E-state index in [0.717, 1.165) is 0 Å². The molecule has 104 valence electrons. The van der Waals surface area contributed by atoms with Gasteiger partial charge < -0.3 is 10.1 Å². The summed E-state index contributed by atoms with van der Waals surface area (Å²) < 4.78 is 5.14. The van der Waals surface area contributed by atoms with Gasteiger partial charge in [0, 0.05) is 0 Å². The molecule has 1 aromatic heterocycles. The van der Waals surface area contributed by atoms with E-state index >= 15 is 0 Å². The first kappa shape index (κ1) is 14.5. The summed E-state index contributed by atoms with van der Waals surface area (Å²) in [5, 5.41) is 2.60. The third-order valence-corrected chi connectivity index (χ3v) is 2.66. The third-order valence-electron chi connectivity index (χ3n) is 2.33. The normalized spacial score (nSPS) is 10.2. The highest BCUT2D eigenvalue weighted by atomic mass is 35.5. The lowest BCUT2D eigenvalue weighted by Crippen LogP contribution is -2.17. The van der Waals surface area contributed by atoms with Crippen molar-refractivity contribution in [3.8, 4) is 5.75 Å². The summed E-state index contributed by atoms with van der Waals surface area (Å²) in [5.41, 5.74) is 0.561. The molecule has 1 heterocycles. The lowest BCUT2D eigenvalue weighted by molar-refractivity contribution is -0.115. The predicted octanol–water partition coefficient (Wildman–Crippen LogP) is 2.37. The number of methoxy groups -OCH3 is 1. The zero-order valence-electron chi connectivity index (χ0n) is 10.4. The molecule has 8 heteroatoms. The molecule has 0 spiro atoms. The molecule has 0 aliphatic heterocycles. The molecule has 2 aromatic rings. The Bertz CT molecular complexity index is 616. The van der Waals surface area contributed by atoms with Crippen LogP contribution in [0.1, 0.15) is 5.82 Å². The maximum atomic E-state index is 11.9. The van der Waals surface area contributed by atoms with Crippen LogP contribution >= 0.6 is 23.2 Å². The van der Waals surface area contributed by atoms with Gasteiger partial charge in [0.15, 0.2) is 0 Å². The summed E-state index contributed by atoms with van der Waals surface area (Å²) in [4.78, 5) is 23.2. The van der Waals surface area contributed by atoms with E-state index in [0.29, 0.717) is 11.4 Å². The average Bonchev–Trinajstić information content (AvgIpc) is 2.37. The monoisotopic (exact) mass is 312 g/mol. The van der Waals surface area contributed by atoms with E-state index in [2.05, 4.69) is 20.3 Å². The Kier molecular flexibility index (Phi) is 4.70. The van der Waals surface area contributed by atoms with E-state index < -0.39 is 0 Å². The average molecular weight is 313 g/mol. The highest BCUT2D eigenvalue weighted by molar-refractivity contribution is 6.31. The number of anilines is 1. The molecule has 0 aliphatic rings. The molecule has 0 saturated carbocycles. The number of nitrogens with zero attached hydrogens (tertiary/aromatic N) is 3. The third kappa shape index (κ3) is 3.79. The molecule has 0 radical (unpaired) electrons. The van der Waals surface area contributed by atoms with Gasteiger partial charge in [0.1, 0.15) is 11.6 Å². The molecule has 1 N–H and O–H groups in total. The highest BCUT2D eigenvalue weighted by Gasteiger charge is 2.11. The van der Waals surface area contributed by atoms with Crippen molar-refractivity contribution in [2.45, 2.75) is 6.42 Å². The van der Waals surface area contributed by atoms with E-state index in [4.69, 9.17) is 27.9 Å². The van der Waals surface area contributed by atoms with Gasteiger partial charge in [-0.05, 0) is 35.3 Å². The Morgan fingerprint density at radius 1 is 1.20 bits per heavy atom. The largest absolute Gasteiger partial charge is 0.495 e. The number of aromatic nitrogens is 3. The van der Waals surface area contributed by atoms with Crippen molar-refractivity contribution in [2.75, 3.05) is 12.4 Å². The molecule has 1 amide bonds. The van der Waals surface area contributed by atoms with Crippen LogP contribution in [0.3, 0.4) is 0 Å². The summed E-state index contributed by atoms with van der Waals surface area (Å²) in [6.45, 7) is 0. The van der Waals surface area contributed by atoms with Gasteiger partial charge in [0.2, 0.25) is 16.5 Å². The summed E-state index contributed by atoms with van der Waals surface area (Å²) in [6, 6.07) is 7.06. The van der Waals surface area contributed by atoms with Crippen LogP contribution in [0.2, 0.25) is 10.6 Å². The number of halogens is 2. The fraction of sp³-hybridized carbons (Fsp3) is 0.167. The molecule has 1 aromatic carbocycles. The molecular formula is C12H10Cl2N4O2. The van der Waals surface area contributed by atoms with Crippen LogP contribution in [0.5, 0.6) is 5.75 Å². The molecule has 0 bridgehead atoms. The number of nitrogens with one attached hydrogen (secondary N) is 1. The molecule has 0 saturated heterocycles. The molecule has 6 nitrogen and oxygen atoms in total. The minimum atomic E-state index is -0.312.